The highest BCUT2D eigenvalue weighted by Crippen LogP contribution is 2.30. The summed E-state index contributed by atoms with van der Waals surface area (Å²) in [6.45, 7) is 2.77. The molecule has 2 aromatic rings. The monoisotopic (exact) mass is 367 g/mol. The number of benzene rings is 2. The van der Waals surface area contributed by atoms with E-state index in [9.17, 15) is 0 Å². The average molecular weight is 369 g/mol. The maximum absolute atomic E-state index is 6.08. The minimum Gasteiger partial charge on any atom is -0.486 e. The molecule has 21 heavy (non-hydrogen) atoms. The standard InChI is InChI=1S/C16H15BrClNO2/c17-13-3-1-11(7-14(13)18)9-19-10-12-2-4-15-16(8-12)21-6-5-20-15/h1-4,7-8,19H,5-6,9-10H2. The van der Waals surface area contributed by atoms with Crippen LogP contribution in [0.4, 0.5) is 0 Å². The highest BCUT2D eigenvalue weighted by molar-refractivity contribution is 9.10. The molecule has 0 saturated carbocycles. The Hall–Kier alpha value is -1.23. The van der Waals surface area contributed by atoms with E-state index in [-0.39, 0.29) is 0 Å². The van der Waals surface area contributed by atoms with Gasteiger partial charge in [-0.15, -0.1) is 0 Å². The molecule has 0 atom stereocenters. The number of rotatable bonds is 4. The van der Waals surface area contributed by atoms with Crippen molar-refractivity contribution in [2.45, 2.75) is 13.1 Å². The van der Waals surface area contributed by atoms with Gasteiger partial charge in [0.05, 0.1) is 5.02 Å². The van der Waals surface area contributed by atoms with Crippen LogP contribution in [0.5, 0.6) is 11.5 Å². The van der Waals surface area contributed by atoms with E-state index < -0.39 is 0 Å². The highest BCUT2D eigenvalue weighted by Gasteiger charge is 2.11. The molecule has 1 heterocycles. The van der Waals surface area contributed by atoms with Crippen molar-refractivity contribution in [2.24, 2.45) is 0 Å². The first-order valence-electron chi connectivity index (χ1n) is 6.75. The van der Waals surface area contributed by atoms with Gasteiger partial charge in [-0.3, -0.25) is 0 Å². The molecular formula is C16H15BrClNO2. The van der Waals surface area contributed by atoms with E-state index in [2.05, 4.69) is 27.3 Å². The van der Waals surface area contributed by atoms with Crippen LogP contribution in [0.15, 0.2) is 40.9 Å². The Kier molecular flexibility index (Phi) is 4.68. The summed E-state index contributed by atoms with van der Waals surface area (Å²) in [5, 5.41) is 4.13. The molecule has 0 aliphatic carbocycles. The molecule has 5 heteroatoms. The van der Waals surface area contributed by atoms with E-state index in [0.717, 1.165) is 39.6 Å². The van der Waals surface area contributed by atoms with Gasteiger partial charge in [-0.1, -0.05) is 23.7 Å². The normalized spacial score (nSPS) is 13.2. The van der Waals surface area contributed by atoms with Crippen molar-refractivity contribution in [1.82, 2.24) is 5.32 Å². The molecule has 0 unspecified atom stereocenters. The maximum Gasteiger partial charge on any atom is 0.161 e. The van der Waals surface area contributed by atoms with Gasteiger partial charge in [-0.25, -0.2) is 0 Å². The molecule has 1 aliphatic rings. The lowest BCUT2D eigenvalue weighted by atomic mass is 10.2. The van der Waals surface area contributed by atoms with Gasteiger partial charge in [0.25, 0.3) is 0 Å². The van der Waals surface area contributed by atoms with Crippen molar-refractivity contribution in [2.75, 3.05) is 13.2 Å². The van der Waals surface area contributed by atoms with Crippen molar-refractivity contribution in [3.8, 4) is 11.5 Å². The van der Waals surface area contributed by atoms with Crippen LogP contribution in [-0.2, 0) is 13.1 Å². The molecule has 0 amide bonds. The van der Waals surface area contributed by atoms with Crippen molar-refractivity contribution in [1.29, 1.82) is 0 Å². The Bertz CT molecular complexity index is 648. The maximum atomic E-state index is 6.08. The van der Waals surface area contributed by atoms with Crippen LogP contribution >= 0.6 is 27.5 Å². The first-order chi connectivity index (χ1) is 10.2. The van der Waals surface area contributed by atoms with Crippen LogP contribution in [0.2, 0.25) is 5.02 Å². The minimum absolute atomic E-state index is 0.612. The molecule has 0 fully saturated rings. The van der Waals surface area contributed by atoms with Gasteiger partial charge in [0.1, 0.15) is 13.2 Å². The van der Waals surface area contributed by atoms with Crippen LogP contribution in [0.3, 0.4) is 0 Å². The van der Waals surface area contributed by atoms with Crippen molar-refractivity contribution < 1.29 is 9.47 Å². The molecule has 0 spiro atoms. The molecule has 1 aliphatic heterocycles. The Balaban J connectivity index is 1.58. The van der Waals surface area contributed by atoms with E-state index in [1.54, 1.807) is 0 Å². The van der Waals surface area contributed by atoms with Gasteiger partial charge in [-0.2, -0.15) is 0 Å². The summed E-state index contributed by atoms with van der Waals surface area (Å²) in [5.41, 5.74) is 2.32. The molecule has 0 aromatic heterocycles. The zero-order valence-electron chi connectivity index (χ0n) is 11.4. The number of hydrogen-bond donors (Lipinski definition) is 1. The van der Waals surface area contributed by atoms with Gasteiger partial charge in [-0.05, 0) is 51.3 Å². The molecule has 0 radical (unpaired) electrons. The summed E-state index contributed by atoms with van der Waals surface area (Å²) in [4.78, 5) is 0. The van der Waals surface area contributed by atoms with Gasteiger partial charge in [0, 0.05) is 17.6 Å². The zero-order chi connectivity index (χ0) is 14.7. The lowest BCUT2D eigenvalue weighted by Crippen LogP contribution is -2.16. The highest BCUT2D eigenvalue weighted by atomic mass is 79.9. The minimum atomic E-state index is 0.612. The van der Waals surface area contributed by atoms with Crippen LogP contribution < -0.4 is 14.8 Å². The van der Waals surface area contributed by atoms with Crippen LogP contribution in [-0.4, -0.2) is 13.2 Å². The van der Waals surface area contributed by atoms with Gasteiger partial charge in [0.15, 0.2) is 11.5 Å². The SMILES string of the molecule is Clc1cc(CNCc2ccc3c(c2)OCCO3)ccc1Br. The summed E-state index contributed by atoms with van der Waals surface area (Å²) >= 11 is 9.48. The van der Waals surface area contributed by atoms with Crippen molar-refractivity contribution >= 4 is 27.5 Å². The summed E-state index contributed by atoms with van der Waals surface area (Å²) in [7, 11) is 0. The number of ether oxygens (including phenoxy) is 2. The predicted molar refractivity (Wildman–Crippen MR) is 87.1 cm³/mol. The van der Waals surface area contributed by atoms with Gasteiger partial charge < -0.3 is 14.8 Å². The number of fused-ring (bicyclic) bond motifs is 1. The first kappa shape index (κ1) is 14.7. The van der Waals surface area contributed by atoms with Crippen LogP contribution in [0.1, 0.15) is 11.1 Å². The Morgan fingerprint density at radius 3 is 2.38 bits per heavy atom. The number of halogens is 2. The third-order valence-corrected chi connectivity index (χ3v) is 4.48. The second-order valence-corrected chi connectivity index (χ2v) is 6.09. The molecule has 1 N–H and O–H groups in total. The molecule has 0 saturated heterocycles. The molecule has 0 bridgehead atoms. The average Bonchev–Trinajstić information content (AvgIpc) is 2.51. The number of nitrogens with one attached hydrogen (secondary N) is 1. The molecular weight excluding hydrogens is 354 g/mol. The smallest absolute Gasteiger partial charge is 0.161 e. The largest absolute Gasteiger partial charge is 0.486 e. The van der Waals surface area contributed by atoms with E-state index in [1.165, 1.54) is 5.56 Å². The summed E-state index contributed by atoms with van der Waals surface area (Å²) in [6, 6.07) is 12.0. The summed E-state index contributed by atoms with van der Waals surface area (Å²) in [5.74, 6) is 1.65. The van der Waals surface area contributed by atoms with Crippen LogP contribution in [0, 0.1) is 0 Å². The molecule has 3 rings (SSSR count). The van der Waals surface area contributed by atoms with Crippen molar-refractivity contribution in [3.05, 3.63) is 57.0 Å². The fraction of sp³-hybridized carbons (Fsp3) is 0.250. The quantitative estimate of drug-likeness (QED) is 0.879. The van der Waals surface area contributed by atoms with Crippen molar-refractivity contribution in [3.63, 3.8) is 0 Å². The third-order valence-electron chi connectivity index (χ3n) is 3.25. The van der Waals surface area contributed by atoms with Gasteiger partial charge >= 0.3 is 0 Å². The lowest BCUT2D eigenvalue weighted by Gasteiger charge is -2.19. The first-order valence-corrected chi connectivity index (χ1v) is 7.92. The predicted octanol–water partition coefficient (Wildman–Crippen LogP) is 4.16. The van der Waals surface area contributed by atoms with E-state index in [4.69, 9.17) is 21.1 Å². The summed E-state index contributed by atoms with van der Waals surface area (Å²) < 4.78 is 12.0. The second kappa shape index (κ2) is 6.69. The Morgan fingerprint density at radius 1 is 0.952 bits per heavy atom. The topological polar surface area (TPSA) is 30.5 Å². The number of hydrogen-bond acceptors (Lipinski definition) is 3. The van der Waals surface area contributed by atoms with E-state index >= 15 is 0 Å². The Labute approximate surface area is 137 Å². The molecule has 110 valence electrons. The Morgan fingerprint density at radius 2 is 1.62 bits per heavy atom. The second-order valence-electron chi connectivity index (χ2n) is 4.83. The third kappa shape index (κ3) is 3.70. The van der Waals surface area contributed by atoms with Gasteiger partial charge in [0.2, 0.25) is 0 Å². The molecule has 2 aromatic carbocycles. The van der Waals surface area contributed by atoms with E-state index in [1.807, 2.05) is 30.3 Å². The fourth-order valence-electron chi connectivity index (χ4n) is 2.20. The zero-order valence-corrected chi connectivity index (χ0v) is 13.7. The van der Waals surface area contributed by atoms with E-state index in [0.29, 0.717) is 13.2 Å². The van der Waals surface area contributed by atoms with Crippen LogP contribution in [0.25, 0.3) is 0 Å². The lowest BCUT2D eigenvalue weighted by molar-refractivity contribution is 0.171. The fourth-order valence-corrected chi connectivity index (χ4v) is 2.65. The molecule has 3 nitrogen and oxygen atoms in total. The summed E-state index contributed by atoms with van der Waals surface area (Å²) in [6.07, 6.45) is 0.